The highest BCUT2D eigenvalue weighted by Gasteiger charge is 2.11. The first-order chi connectivity index (χ1) is 8.94. The van der Waals surface area contributed by atoms with Crippen molar-refractivity contribution in [3.05, 3.63) is 29.0 Å². The number of hydrogen-bond donors (Lipinski definition) is 2. The number of anilines is 1. The normalized spacial score (nSPS) is 11.5. The van der Waals surface area contributed by atoms with E-state index < -0.39 is 15.8 Å². The third-order valence-electron chi connectivity index (χ3n) is 2.39. The maximum Gasteiger partial charge on any atom is 0.232 e. The quantitative estimate of drug-likeness (QED) is 0.726. The Bertz CT molecular complexity index is 508. The van der Waals surface area contributed by atoms with Gasteiger partial charge in [0.2, 0.25) is 10.0 Å². The summed E-state index contributed by atoms with van der Waals surface area (Å²) >= 11 is 5.52. The van der Waals surface area contributed by atoms with Crippen LogP contribution in [0, 0.1) is 5.82 Å². The Labute approximate surface area is 118 Å². The van der Waals surface area contributed by atoms with E-state index in [1.165, 1.54) is 12.1 Å². The Hall–Kier alpha value is -0.850. The van der Waals surface area contributed by atoms with Crippen molar-refractivity contribution in [1.82, 2.24) is 5.32 Å². The summed E-state index contributed by atoms with van der Waals surface area (Å²) in [5, 5.41) is 3.08. The summed E-state index contributed by atoms with van der Waals surface area (Å²) in [5.41, 5.74) is 0.184. The summed E-state index contributed by atoms with van der Waals surface area (Å²) in [5.74, 6) is -0.653. The van der Waals surface area contributed by atoms with Gasteiger partial charge in [-0.3, -0.25) is 4.72 Å². The van der Waals surface area contributed by atoms with Gasteiger partial charge in [-0.2, -0.15) is 0 Å². The number of sulfonamides is 1. The zero-order chi connectivity index (χ0) is 14.3. The Morgan fingerprint density at radius 1 is 1.32 bits per heavy atom. The van der Waals surface area contributed by atoms with Crippen LogP contribution in [0.5, 0.6) is 0 Å². The fourth-order valence-corrected chi connectivity index (χ4v) is 2.71. The molecule has 0 amide bonds. The van der Waals surface area contributed by atoms with E-state index in [0.29, 0.717) is 13.0 Å². The molecule has 0 aromatic heterocycles. The molecule has 0 bridgehead atoms. The topological polar surface area (TPSA) is 58.2 Å². The van der Waals surface area contributed by atoms with Gasteiger partial charge in [0.25, 0.3) is 0 Å². The van der Waals surface area contributed by atoms with Crippen molar-refractivity contribution in [3.8, 4) is 0 Å². The lowest BCUT2D eigenvalue weighted by atomic mass is 10.3. The molecule has 0 atom stereocenters. The van der Waals surface area contributed by atoms with Crippen LogP contribution >= 0.6 is 11.6 Å². The number of halogens is 2. The Kier molecular flexibility index (Phi) is 6.54. The zero-order valence-electron chi connectivity index (χ0n) is 10.7. The van der Waals surface area contributed by atoms with E-state index in [-0.39, 0.29) is 16.5 Å². The molecule has 0 saturated carbocycles. The Morgan fingerprint density at radius 2 is 2.05 bits per heavy atom. The molecule has 0 aliphatic rings. The average Bonchev–Trinajstić information content (AvgIpc) is 2.33. The van der Waals surface area contributed by atoms with E-state index in [1.807, 2.05) is 6.92 Å². The predicted molar refractivity (Wildman–Crippen MR) is 76.6 cm³/mol. The van der Waals surface area contributed by atoms with Gasteiger partial charge < -0.3 is 5.32 Å². The molecule has 108 valence electrons. The highest BCUT2D eigenvalue weighted by atomic mass is 35.5. The van der Waals surface area contributed by atoms with Crippen LogP contribution in [0.25, 0.3) is 0 Å². The van der Waals surface area contributed by atoms with Crippen LogP contribution in [-0.4, -0.2) is 27.3 Å². The third-order valence-corrected chi connectivity index (χ3v) is 4.07. The van der Waals surface area contributed by atoms with Crippen molar-refractivity contribution in [1.29, 1.82) is 0 Å². The van der Waals surface area contributed by atoms with Gasteiger partial charge in [-0.05, 0) is 44.1 Å². The van der Waals surface area contributed by atoms with Crippen LogP contribution in [0.15, 0.2) is 18.2 Å². The van der Waals surface area contributed by atoms with Gasteiger partial charge in [0.1, 0.15) is 5.82 Å². The minimum absolute atomic E-state index is 0.00599. The molecule has 0 saturated heterocycles. The van der Waals surface area contributed by atoms with E-state index >= 15 is 0 Å². The lowest BCUT2D eigenvalue weighted by Crippen LogP contribution is -2.22. The highest BCUT2D eigenvalue weighted by Crippen LogP contribution is 2.19. The van der Waals surface area contributed by atoms with Crippen LogP contribution in [0.2, 0.25) is 5.02 Å². The molecule has 4 nitrogen and oxygen atoms in total. The Balaban J connectivity index is 2.47. The highest BCUT2D eigenvalue weighted by molar-refractivity contribution is 7.92. The molecule has 0 aliphatic carbocycles. The standard InChI is InChI=1S/C12H18ClFN2O2S/c1-2-6-15-7-3-8-19(17,18)16-10-4-5-11(13)12(14)9-10/h4-5,9,15-16H,2-3,6-8H2,1H3. The summed E-state index contributed by atoms with van der Waals surface area (Å²) in [6.45, 7) is 3.56. The minimum atomic E-state index is -3.45. The molecular weight excluding hydrogens is 291 g/mol. The van der Waals surface area contributed by atoms with Gasteiger partial charge >= 0.3 is 0 Å². The summed E-state index contributed by atoms with van der Waals surface area (Å²) in [7, 11) is -3.45. The van der Waals surface area contributed by atoms with Crippen LogP contribution in [-0.2, 0) is 10.0 Å². The van der Waals surface area contributed by atoms with Crippen molar-refractivity contribution in [2.75, 3.05) is 23.6 Å². The van der Waals surface area contributed by atoms with Crippen LogP contribution < -0.4 is 10.0 Å². The van der Waals surface area contributed by atoms with E-state index in [9.17, 15) is 12.8 Å². The molecular formula is C12H18ClFN2O2S. The molecule has 0 unspecified atom stereocenters. The van der Waals surface area contributed by atoms with Gasteiger partial charge in [0, 0.05) is 0 Å². The van der Waals surface area contributed by atoms with Crippen molar-refractivity contribution in [2.45, 2.75) is 19.8 Å². The van der Waals surface area contributed by atoms with Crippen molar-refractivity contribution in [2.24, 2.45) is 0 Å². The molecule has 0 heterocycles. The van der Waals surface area contributed by atoms with Crippen LogP contribution in [0.1, 0.15) is 19.8 Å². The number of nitrogens with one attached hydrogen (secondary N) is 2. The van der Waals surface area contributed by atoms with Crippen molar-refractivity contribution < 1.29 is 12.8 Å². The fourth-order valence-electron chi connectivity index (χ4n) is 1.48. The van der Waals surface area contributed by atoms with E-state index in [1.54, 1.807) is 0 Å². The van der Waals surface area contributed by atoms with Crippen molar-refractivity contribution >= 4 is 27.3 Å². The van der Waals surface area contributed by atoms with Gasteiger partial charge in [0.15, 0.2) is 0 Å². The lowest BCUT2D eigenvalue weighted by molar-refractivity contribution is 0.593. The van der Waals surface area contributed by atoms with E-state index in [0.717, 1.165) is 19.0 Å². The number of hydrogen-bond acceptors (Lipinski definition) is 3. The maximum absolute atomic E-state index is 13.2. The Morgan fingerprint density at radius 3 is 2.68 bits per heavy atom. The lowest BCUT2D eigenvalue weighted by Gasteiger charge is -2.08. The second-order valence-electron chi connectivity index (χ2n) is 4.15. The van der Waals surface area contributed by atoms with E-state index in [2.05, 4.69) is 10.0 Å². The van der Waals surface area contributed by atoms with Gasteiger partial charge in [-0.1, -0.05) is 18.5 Å². The van der Waals surface area contributed by atoms with E-state index in [4.69, 9.17) is 11.6 Å². The van der Waals surface area contributed by atoms with Crippen LogP contribution in [0.4, 0.5) is 10.1 Å². The molecule has 7 heteroatoms. The largest absolute Gasteiger partial charge is 0.317 e. The molecule has 1 rings (SSSR count). The molecule has 1 aromatic rings. The second kappa shape index (κ2) is 7.67. The SMILES string of the molecule is CCCNCCCS(=O)(=O)Nc1ccc(Cl)c(F)c1. The number of rotatable bonds is 8. The predicted octanol–water partition coefficient (Wildman–Crippen LogP) is 2.61. The maximum atomic E-state index is 13.2. The summed E-state index contributed by atoms with van der Waals surface area (Å²) in [6, 6.07) is 3.81. The summed E-state index contributed by atoms with van der Waals surface area (Å²) in [6.07, 6.45) is 1.51. The molecule has 19 heavy (non-hydrogen) atoms. The summed E-state index contributed by atoms with van der Waals surface area (Å²) < 4.78 is 39.0. The first-order valence-corrected chi connectivity index (χ1v) is 8.14. The average molecular weight is 309 g/mol. The minimum Gasteiger partial charge on any atom is -0.317 e. The van der Waals surface area contributed by atoms with Crippen LogP contribution in [0.3, 0.4) is 0 Å². The first-order valence-electron chi connectivity index (χ1n) is 6.11. The smallest absolute Gasteiger partial charge is 0.232 e. The molecule has 1 aromatic carbocycles. The zero-order valence-corrected chi connectivity index (χ0v) is 12.3. The fraction of sp³-hybridized carbons (Fsp3) is 0.500. The summed E-state index contributed by atoms with van der Waals surface area (Å²) in [4.78, 5) is 0. The third kappa shape index (κ3) is 6.22. The molecule has 0 radical (unpaired) electrons. The molecule has 0 aliphatic heterocycles. The van der Waals surface area contributed by atoms with Gasteiger partial charge in [-0.15, -0.1) is 0 Å². The second-order valence-corrected chi connectivity index (χ2v) is 6.40. The van der Waals surface area contributed by atoms with Crippen molar-refractivity contribution in [3.63, 3.8) is 0 Å². The monoisotopic (exact) mass is 308 g/mol. The molecule has 0 spiro atoms. The molecule has 2 N–H and O–H groups in total. The number of benzene rings is 1. The molecule has 0 fully saturated rings. The first kappa shape index (κ1) is 16.2. The van der Waals surface area contributed by atoms with Gasteiger partial charge in [0.05, 0.1) is 16.5 Å². The van der Waals surface area contributed by atoms with Gasteiger partial charge in [-0.25, -0.2) is 12.8 Å².